The third-order valence-electron chi connectivity index (χ3n) is 2.60. The molecule has 8 heteroatoms. The van der Waals surface area contributed by atoms with E-state index in [9.17, 15) is 28.1 Å². The predicted octanol–water partition coefficient (Wildman–Crippen LogP) is 3.25. The molecule has 1 N–H and O–H groups in total. The van der Waals surface area contributed by atoms with Gasteiger partial charge in [-0.3, -0.25) is 14.9 Å². The zero-order chi connectivity index (χ0) is 14.9. The van der Waals surface area contributed by atoms with E-state index >= 15 is 0 Å². The number of anilines is 1. The van der Waals surface area contributed by atoms with Crippen LogP contribution in [0.15, 0.2) is 36.4 Å². The van der Waals surface area contributed by atoms with Crippen LogP contribution < -0.4 is 5.32 Å². The number of nitrogens with one attached hydrogen (secondary N) is 1. The number of alkyl halides is 3. The summed E-state index contributed by atoms with van der Waals surface area (Å²) >= 11 is 0. The van der Waals surface area contributed by atoms with Crippen LogP contribution >= 0.6 is 0 Å². The Labute approximate surface area is 110 Å². The van der Waals surface area contributed by atoms with Gasteiger partial charge in [0.2, 0.25) is 0 Å². The molecule has 0 spiro atoms. The highest BCUT2D eigenvalue weighted by Gasteiger charge is 2.40. The monoisotopic (exact) mass is 284 g/mol. The van der Waals surface area contributed by atoms with Crippen LogP contribution in [-0.4, -0.2) is 17.0 Å². The van der Waals surface area contributed by atoms with E-state index in [0.29, 0.717) is 5.39 Å². The highest BCUT2D eigenvalue weighted by Crippen LogP contribution is 2.34. The van der Waals surface area contributed by atoms with Gasteiger partial charge < -0.3 is 5.32 Å². The summed E-state index contributed by atoms with van der Waals surface area (Å²) in [5.41, 5.74) is -1.06. The topological polar surface area (TPSA) is 72.2 Å². The number of nitro groups is 1. The minimum absolute atomic E-state index is 0.166. The first-order valence-electron chi connectivity index (χ1n) is 5.35. The van der Waals surface area contributed by atoms with Crippen molar-refractivity contribution in [3.05, 3.63) is 46.5 Å². The maximum Gasteiger partial charge on any atom is 0.471 e. The van der Waals surface area contributed by atoms with Gasteiger partial charge in [0.1, 0.15) is 5.69 Å². The first-order valence-corrected chi connectivity index (χ1v) is 5.35. The number of benzene rings is 2. The number of nitro benzene ring substituents is 1. The highest BCUT2D eigenvalue weighted by atomic mass is 19.4. The van der Waals surface area contributed by atoms with E-state index in [1.54, 1.807) is 17.4 Å². The standard InChI is InChI=1S/C12H7F3N2O3/c13-12(14,15)11(18)16-10-8-4-2-1-3-7(8)5-6-9(10)17(19)20/h1-6H,(H,16,18). The van der Waals surface area contributed by atoms with Crippen molar-refractivity contribution >= 4 is 28.1 Å². The number of hydrogen-bond acceptors (Lipinski definition) is 3. The molecule has 0 saturated heterocycles. The van der Waals surface area contributed by atoms with E-state index in [0.717, 1.165) is 6.07 Å². The summed E-state index contributed by atoms with van der Waals surface area (Å²) in [4.78, 5) is 21.0. The molecule has 5 nitrogen and oxygen atoms in total. The number of carbonyl (C=O) groups excluding carboxylic acids is 1. The summed E-state index contributed by atoms with van der Waals surface area (Å²) in [5, 5.41) is 13.1. The molecular weight excluding hydrogens is 277 g/mol. The molecule has 0 aliphatic carbocycles. The Morgan fingerprint density at radius 1 is 1.15 bits per heavy atom. The highest BCUT2D eigenvalue weighted by molar-refractivity contribution is 6.07. The summed E-state index contributed by atoms with van der Waals surface area (Å²) in [6.07, 6.45) is -5.12. The molecule has 0 saturated carbocycles. The van der Waals surface area contributed by atoms with Crippen molar-refractivity contribution in [1.82, 2.24) is 0 Å². The van der Waals surface area contributed by atoms with E-state index in [4.69, 9.17) is 0 Å². The molecule has 0 heterocycles. The van der Waals surface area contributed by atoms with Gasteiger partial charge in [0.05, 0.1) is 4.92 Å². The molecule has 0 radical (unpaired) electrons. The Morgan fingerprint density at radius 2 is 1.80 bits per heavy atom. The van der Waals surface area contributed by atoms with Crippen LogP contribution in [0.4, 0.5) is 24.5 Å². The van der Waals surface area contributed by atoms with E-state index in [-0.39, 0.29) is 5.39 Å². The molecule has 0 bridgehead atoms. The molecule has 2 aromatic rings. The smallest absolute Gasteiger partial charge is 0.312 e. The molecule has 104 valence electrons. The van der Waals surface area contributed by atoms with Gasteiger partial charge in [-0.1, -0.05) is 24.3 Å². The number of rotatable bonds is 2. The quantitative estimate of drug-likeness (QED) is 0.679. The van der Waals surface area contributed by atoms with Crippen LogP contribution in [0.3, 0.4) is 0 Å². The summed E-state index contributed by atoms with van der Waals surface area (Å²) in [6, 6.07) is 8.56. The summed E-state index contributed by atoms with van der Waals surface area (Å²) in [6.45, 7) is 0. The van der Waals surface area contributed by atoms with E-state index in [1.165, 1.54) is 18.2 Å². The molecule has 0 atom stereocenters. The van der Waals surface area contributed by atoms with Crippen LogP contribution in [0.5, 0.6) is 0 Å². The second-order valence-corrected chi connectivity index (χ2v) is 3.89. The van der Waals surface area contributed by atoms with E-state index in [1.807, 2.05) is 0 Å². The number of nitrogens with zero attached hydrogens (tertiary/aromatic N) is 1. The van der Waals surface area contributed by atoms with E-state index in [2.05, 4.69) is 0 Å². The number of carbonyl (C=O) groups is 1. The maximum atomic E-state index is 12.3. The first kappa shape index (κ1) is 13.8. The van der Waals surface area contributed by atoms with Gasteiger partial charge in [-0.25, -0.2) is 0 Å². The van der Waals surface area contributed by atoms with Crippen molar-refractivity contribution in [2.24, 2.45) is 0 Å². The van der Waals surface area contributed by atoms with Crippen LogP contribution in [0.2, 0.25) is 0 Å². The fourth-order valence-electron chi connectivity index (χ4n) is 1.73. The van der Waals surface area contributed by atoms with Crippen molar-refractivity contribution in [2.45, 2.75) is 6.18 Å². The minimum Gasteiger partial charge on any atom is -0.312 e. The third kappa shape index (κ3) is 2.53. The number of halogens is 3. The molecule has 20 heavy (non-hydrogen) atoms. The predicted molar refractivity (Wildman–Crippen MR) is 65.3 cm³/mol. The van der Waals surface area contributed by atoms with Crippen molar-refractivity contribution in [3.8, 4) is 0 Å². The third-order valence-corrected chi connectivity index (χ3v) is 2.60. The molecule has 2 rings (SSSR count). The summed E-state index contributed by atoms with van der Waals surface area (Å²) in [5.74, 6) is -2.25. The maximum absolute atomic E-state index is 12.3. The second-order valence-electron chi connectivity index (χ2n) is 3.89. The molecule has 0 unspecified atom stereocenters. The molecule has 1 amide bonds. The van der Waals surface area contributed by atoms with Gasteiger partial charge in [-0.05, 0) is 11.5 Å². The minimum atomic E-state index is -5.12. The Kier molecular flexibility index (Phi) is 3.31. The number of fused-ring (bicyclic) bond motifs is 1. The fraction of sp³-hybridized carbons (Fsp3) is 0.0833. The van der Waals surface area contributed by atoms with Crippen LogP contribution in [0, 0.1) is 10.1 Å². The Bertz CT molecular complexity index is 698. The fourth-order valence-corrected chi connectivity index (χ4v) is 1.73. The lowest BCUT2D eigenvalue weighted by molar-refractivity contribution is -0.383. The Morgan fingerprint density at radius 3 is 2.40 bits per heavy atom. The first-order chi connectivity index (χ1) is 9.30. The number of hydrogen-bond donors (Lipinski definition) is 1. The Hall–Kier alpha value is -2.64. The largest absolute Gasteiger partial charge is 0.471 e. The van der Waals surface area contributed by atoms with Gasteiger partial charge in [0.15, 0.2) is 0 Å². The van der Waals surface area contributed by atoms with E-state index < -0.39 is 28.4 Å². The molecule has 0 aliphatic rings. The van der Waals surface area contributed by atoms with Crippen LogP contribution in [0.1, 0.15) is 0 Å². The van der Waals surface area contributed by atoms with Crippen LogP contribution in [-0.2, 0) is 4.79 Å². The van der Waals surface area contributed by atoms with Gasteiger partial charge in [-0.2, -0.15) is 13.2 Å². The van der Waals surface area contributed by atoms with Gasteiger partial charge >= 0.3 is 12.1 Å². The van der Waals surface area contributed by atoms with Gasteiger partial charge in [0, 0.05) is 11.5 Å². The molecule has 0 aromatic heterocycles. The average molecular weight is 284 g/mol. The molecular formula is C12H7F3N2O3. The SMILES string of the molecule is O=C(Nc1c([N+](=O)[O-])ccc2ccccc12)C(F)(F)F. The zero-order valence-electron chi connectivity index (χ0n) is 9.77. The molecule has 0 aliphatic heterocycles. The van der Waals surface area contributed by atoms with Crippen molar-refractivity contribution in [2.75, 3.05) is 5.32 Å². The number of amides is 1. The van der Waals surface area contributed by atoms with Crippen molar-refractivity contribution in [3.63, 3.8) is 0 Å². The van der Waals surface area contributed by atoms with Crippen LogP contribution in [0.25, 0.3) is 10.8 Å². The zero-order valence-corrected chi connectivity index (χ0v) is 9.77. The van der Waals surface area contributed by atoms with Gasteiger partial charge in [0.25, 0.3) is 5.69 Å². The summed E-state index contributed by atoms with van der Waals surface area (Å²) < 4.78 is 36.9. The van der Waals surface area contributed by atoms with Crippen molar-refractivity contribution < 1.29 is 22.9 Å². The Balaban J connectivity index is 2.61. The van der Waals surface area contributed by atoms with Gasteiger partial charge in [-0.15, -0.1) is 0 Å². The lowest BCUT2D eigenvalue weighted by atomic mass is 10.1. The second kappa shape index (κ2) is 4.80. The molecule has 0 fully saturated rings. The van der Waals surface area contributed by atoms with Crippen molar-refractivity contribution in [1.29, 1.82) is 0 Å². The lowest BCUT2D eigenvalue weighted by Gasteiger charge is -2.11. The average Bonchev–Trinajstić information content (AvgIpc) is 2.37. The summed E-state index contributed by atoms with van der Waals surface area (Å²) in [7, 11) is 0. The molecule has 2 aromatic carbocycles. The normalized spacial score (nSPS) is 11.3. The lowest BCUT2D eigenvalue weighted by Crippen LogP contribution is -2.30.